The fourth-order valence-electron chi connectivity index (χ4n) is 3.08. The summed E-state index contributed by atoms with van der Waals surface area (Å²) < 4.78 is 38.1. The van der Waals surface area contributed by atoms with Crippen LogP contribution in [-0.2, 0) is 18.0 Å². The van der Waals surface area contributed by atoms with Crippen molar-refractivity contribution in [3.05, 3.63) is 57.6 Å². The van der Waals surface area contributed by atoms with Gasteiger partial charge < -0.3 is 0 Å². The normalized spacial score (nSPS) is 20.8. The molecule has 0 spiro atoms. The first-order valence-corrected chi connectivity index (χ1v) is 7.75. The Hall–Kier alpha value is -1.95. The molecule has 1 aliphatic carbocycles. The molecule has 0 radical (unpaired) electrons. The average molecular weight is 355 g/mol. The predicted molar refractivity (Wildman–Crippen MR) is 83.2 cm³/mol. The highest BCUT2D eigenvalue weighted by Gasteiger charge is 2.43. The molecule has 3 nitrogen and oxygen atoms in total. The van der Waals surface area contributed by atoms with Crippen molar-refractivity contribution in [2.45, 2.75) is 38.3 Å². The Bertz CT molecular complexity index is 818. The number of rotatable bonds is 1. The maximum atomic E-state index is 13.0. The molecule has 0 aromatic carbocycles. The molecule has 0 fully saturated rings. The highest BCUT2D eigenvalue weighted by Crippen LogP contribution is 2.39. The lowest BCUT2D eigenvalue weighted by Gasteiger charge is -2.33. The van der Waals surface area contributed by atoms with Gasteiger partial charge in [-0.25, -0.2) is 4.98 Å². The summed E-state index contributed by atoms with van der Waals surface area (Å²) in [7, 11) is 0. The van der Waals surface area contributed by atoms with Gasteiger partial charge in [0.15, 0.2) is 5.78 Å². The fraction of sp³-hybridized carbons (Fsp3) is 0.353. The van der Waals surface area contributed by atoms with Gasteiger partial charge in [-0.1, -0.05) is 11.6 Å². The molecule has 2 aromatic rings. The van der Waals surface area contributed by atoms with Crippen LogP contribution in [0.25, 0.3) is 0 Å². The van der Waals surface area contributed by atoms with E-state index in [1.54, 1.807) is 19.9 Å². The van der Waals surface area contributed by atoms with Crippen molar-refractivity contribution in [1.82, 2.24) is 9.97 Å². The largest absolute Gasteiger partial charge is 0.417 e. The molecule has 126 valence electrons. The number of Topliss-reactive ketones (excluding diaryl/α,β-unsaturated/α-hetero) is 1. The molecule has 1 aliphatic rings. The molecule has 2 heterocycles. The van der Waals surface area contributed by atoms with Crippen LogP contribution in [0.15, 0.2) is 24.4 Å². The predicted octanol–water partition coefficient (Wildman–Crippen LogP) is 4.54. The first kappa shape index (κ1) is 16.9. The van der Waals surface area contributed by atoms with Crippen molar-refractivity contribution in [1.29, 1.82) is 0 Å². The quantitative estimate of drug-likeness (QED) is 0.706. The third kappa shape index (κ3) is 2.69. The van der Waals surface area contributed by atoms with Gasteiger partial charge in [0.05, 0.1) is 22.4 Å². The molecule has 0 saturated heterocycles. The number of aromatic nitrogens is 2. The van der Waals surface area contributed by atoms with Crippen LogP contribution in [0.2, 0.25) is 5.15 Å². The van der Waals surface area contributed by atoms with Crippen molar-refractivity contribution in [3.8, 4) is 0 Å². The first-order chi connectivity index (χ1) is 11.1. The van der Waals surface area contributed by atoms with Crippen molar-refractivity contribution in [2.75, 3.05) is 0 Å². The van der Waals surface area contributed by atoms with Gasteiger partial charge >= 0.3 is 6.18 Å². The number of hydrogen-bond acceptors (Lipinski definition) is 3. The van der Waals surface area contributed by atoms with Gasteiger partial charge in [0, 0.05) is 11.8 Å². The summed E-state index contributed by atoms with van der Waals surface area (Å²) in [4.78, 5) is 21.1. The summed E-state index contributed by atoms with van der Waals surface area (Å²) in [5.74, 6) is -0.183. The number of halogens is 4. The number of alkyl halides is 3. The summed E-state index contributed by atoms with van der Waals surface area (Å²) in [6, 6.07) is 3.86. The number of nitrogens with zero attached hydrogens (tertiary/aromatic N) is 2. The smallest absolute Gasteiger partial charge is 0.293 e. The molecule has 7 heteroatoms. The summed E-state index contributed by atoms with van der Waals surface area (Å²) >= 11 is 5.94. The van der Waals surface area contributed by atoms with E-state index in [2.05, 4.69) is 9.97 Å². The molecule has 0 amide bonds. The van der Waals surface area contributed by atoms with Crippen LogP contribution in [0, 0.1) is 6.92 Å². The van der Waals surface area contributed by atoms with Gasteiger partial charge in [-0.15, -0.1) is 0 Å². The van der Waals surface area contributed by atoms with Crippen molar-refractivity contribution in [2.24, 2.45) is 0 Å². The second kappa shape index (κ2) is 5.55. The van der Waals surface area contributed by atoms with E-state index in [-0.39, 0.29) is 5.78 Å². The van der Waals surface area contributed by atoms with E-state index in [0.29, 0.717) is 40.5 Å². The minimum absolute atomic E-state index is 0.183. The molecule has 1 unspecified atom stereocenters. The summed E-state index contributed by atoms with van der Waals surface area (Å²) in [5.41, 5.74) is 0.373. The number of fused-ring (bicyclic) bond motifs is 1. The van der Waals surface area contributed by atoms with E-state index < -0.39 is 17.2 Å². The van der Waals surface area contributed by atoms with E-state index in [0.717, 1.165) is 12.3 Å². The standard InChI is InChI=1S/C17H14ClF3N2O/c1-9-7-13(18)23-11-5-6-16(2,15(24)14(9)11)12-4-3-10(8-22-12)17(19,20)21/h3-4,7-8H,5-6H2,1-2H3. The number of carbonyl (C=O) groups is 1. The average Bonchev–Trinajstić information content (AvgIpc) is 2.50. The summed E-state index contributed by atoms with van der Waals surface area (Å²) in [5, 5.41) is 0.329. The lowest BCUT2D eigenvalue weighted by atomic mass is 9.70. The minimum atomic E-state index is -4.45. The molecule has 1 atom stereocenters. The van der Waals surface area contributed by atoms with E-state index in [1.807, 2.05) is 0 Å². The zero-order valence-electron chi connectivity index (χ0n) is 13.0. The van der Waals surface area contributed by atoms with Gasteiger partial charge in [-0.3, -0.25) is 9.78 Å². The molecule has 0 N–H and O–H groups in total. The SMILES string of the molecule is Cc1cc(Cl)nc2c1C(=O)C(C)(c1ccc(C(F)(F)F)cn1)CC2. The molecular formula is C17H14ClF3N2O. The second-order valence-electron chi connectivity index (χ2n) is 6.17. The summed E-state index contributed by atoms with van der Waals surface area (Å²) in [6.07, 6.45) is -2.74. The zero-order valence-corrected chi connectivity index (χ0v) is 13.8. The second-order valence-corrected chi connectivity index (χ2v) is 6.56. The highest BCUT2D eigenvalue weighted by molar-refractivity contribution is 6.29. The Kier molecular flexibility index (Phi) is 3.91. The van der Waals surface area contributed by atoms with Gasteiger partial charge in [0.1, 0.15) is 5.15 Å². The molecule has 2 aromatic heterocycles. The minimum Gasteiger partial charge on any atom is -0.293 e. The molecular weight excluding hydrogens is 341 g/mol. The Labute approximate surface area is 141 Å². The molecule has 0 saturated carbocycles. The maximum absolute atomic E-state index is 13.0. The third-order valence-electron chi connectivity index (χ3n) is 4.51. The zero-order chi connectivity index (χ0) is 17.7. The number of carbonyl (C=O) groups excluding carboxylic acids is 1. The molecule has 3 rings (SSSR count). The van der Waals surface area contributed by atoms with Crippen molar-refractivity contribution in [3.63, 3.8) is 0 Å². The van der Waals surface area contributed by atoms with E-state index in [4.69, 9.17) is 11.6 Å². The monoisotopic (exact) mass is 354 g/mol. The van der Waals surface area contributed by atoms with E-state index in [1.165, 1.54) is 6.07 Å². The Morgan fingerprint density at radius 3 is 2.58 bits per heavy atom. The third-order valence-corrected chi connectivity index (χ3v) is 4.70. The molecule has 0 bridgehead atoms. The van der Waals surface area contributed by atoms with Crippen LogP contribution < -0.4 is 0 Å². The van der Waals surface area contributed by atoms with Crippen LogP contribution in [0.3, 0.4) is 0 Å². The Morgan fingerprint density at radius 2 is 2.00 bits per heavy atom. The van der Waals surface area contributed by atoms with Crippen LogP contribution >= 0.6 is 11.6 Å². The number of ketones is 1. The highest BCUT2D eigenvalue weighted by atomic mass is 35.5. The van der Waals surface area contributed by atoms with E-state index in [9.17, 15) is 18.0 Å². The van der Waals surface area contributed by atoms with Gasteiger partial charge in [0.25, 0.3) is 0 Å². The molecule has 0 aliphatic heterocycles. The van der Waals surface area contributed by atoms with Crippen molar-refractivity contribution < 1.29 is 18.0 Å². The van der Waals surface area contributed by atoms with Crippen LogP contribution in [-0.4, -0.2) is 15.8 Å². The number of hydrogen-bond donors (Lipinski definition) is 0. The van der Waals surface area contributed by atoms with Crippen LogP contribution in [0.1, 0.15) is 46.2 Å². The first-order valence-electron chi connectivity index (χ1n) is 7.37. The Morgan fingerprint density at radius 1 is 1.29 bits per heavy atom. The van der Waals surface area contributed by atoms with Crippen LogP contribution in [0.4, 0.5) is 13.2 Å². The topological polar surface area (TPSA) is 42.9 Å². The maximum Gasteiger partial charge on any atom is 0.417 e. The number of pyridine rings is 2. The lowest BCUT2D eigenvalue weighted by Crippen LogP contribution is -2.39. The van der Waals surface area contributed by atoms with Crippen LogP contribution in [0.5, 0.6) is 0 Å². The van der Waals surface area contributed by atoms with Gasteiger partial charge in [-0.05, 0) is 50.5 Å². The van der Waals surface area contributed by atoms with E-state index >= 15 is 0 Å². The Balaban J connectivity index is 2.04. The summed E-state index contributed by atoms with van der Waals surface area (Å²) in [6.45, 7) is 3.48. The molecule has 24 heavy (non-hydrogen) atoms. The fourth-order valence-corrected chi connectivity index (χ4v) is 3.34. The van der Waals surface area contributed by atoms with Crippen molar-refractivity contribution >= 4 is 17.4 Å². The van der Waals surface area contributed by atoms with Gasteiger partial charge in [0.2, 0.25) is 0 Å². The van der Waals surface area contributed by atoms with Gasteiger partial charge in [-0.2, -0.15) is 13.2 Å². The number of aryl methyl sites for hydroxylation is 2. The lowest BCUT2D eigenvalue weighted by molar-refractivity contribution is -0.137.